The second kappa shape index (κ2) is 8.07. The molecule has 2 rings (SSSR count). The van der Waals surface area contributed by atoms with Crippen molar-refractivity contribution in [2.75, 3.05) is 0 Å². The van der Waals surface area contributed by atoms with Gasteiger partial charge in [0.25, 0.3) is 0 Å². The molecule has 1 aliphatic carbocycles. The number of nitrogens with zero attached hydrogens (tertiary/aromatic N) is 4. The van der Waals surface area contributed by atoms with E-state index in [0.29, 0.717) is 16.8 Å². The van der Waals surface area contributed by atoms with E-state index in [4.69, 9.17) is 0 Å². The van der Waals surface area contributed by atoms with E-state index in [-0.39, 0.29) is 12.1 Å². The molecule has 0 bridgehead atoms. The zero-order chi connectivity index (χ0) is 19.9. The van der Waals surface area contributed by atoms with Gasteiger partial charge in [0.05, 0.1) is 11.4 Å². The third-order valence-corrected chi connectivity index (χ3v) is 4.29. The Hall–Kier alpha value is -3.78. The summed E-state index contributed by atoms with van der Waals surface area (Å²) in [6, 6.07) is 6.81. The van der Waals surface area contributed by atoms with Crippen molar-refractivity contribution in [3.05, 3.63) is 53.3 Å². The predicted octanol–water partition coefficient (Wildman–Crippen LogP) is 2.75. The second-order valence-electron chi connectivity index (χ2n) is 6.26. The molecule has 1 aromatic carbocycles. The number of benzene rings is 1. The second-order valence-corrected chi connectivity index (χ2v) is 6.26. The Morgan fingerprint density at radius 3 is 2.07 bits per heavy atom. The van der Waals surface area contributed by atoms with E-state index in [1.807, 2.05) is 0 Å². The van der Waals surface area contributed by atoms with E-state index < -0.39 is 11.1 Å². The van der Waals surface area contributed by atoms with Crippen molar-refractivity contribution in [2.24, 2.45) is 25.4 Å². The van der Waals surface area contributed by atoms with Gasteiger partial charge >= 0.3 is 0 Å². The molecule has 0 radical (unpaired) electrons. The molecule has 0 spiro atoms. The summed E-state index contributed by atoms with van der Waals surface area (Å²) in [6.45, 7) is 3.35. The average Bonchev–Trinajstić information content (AvgIpc) is 2.61. The van der Waals surface area contributed by atoms with Gasteiger partial charge in [-0.1, -0.05) is 32.0 Å². The van der Waals surface area contributed by atoms with Crippen molar-refractivity contribution in [1.82, 2.24) is 0 Å². The van der Waals surface area contributed by atoms with Crippen molar-refractivity contribution in [3.63, 3.8) is 0 Å². The molecular weight excluding hydrogens is 348 g/mol. The van der Waals surface area contributed by atoms with Crippen LogP contribution >= 0.6 is 0 Å². The van der Waals surface area contributed by atoms with E-state index in [1.54, 1.807) is 44.2 Å². The Labute approximate surface area is 154 Å². The van der Waals surface area contributed by atoms with Gasteiger partial charge in [-0.3, -0.25) is 0 Å². The average molecular weight is 362 g/mol. The highest BCUT2D eigenvalue weighted by molar-refractivity contribution is 5.58. The first-order valence-corrected chi connectivity index (χ1v) is 7.79. The molecule has 134 valence electrons. The molecule has 1 aliphatic rings. The summed E-state index contributed by atoms with van der Waals surface area (Å²) in [5.74, 6) is 0. The van der Waals surface area contributed by atoms with Gasteiger partial charge in [-0.25, -0.2) is 19.2 Å². The van der Waals surface area contributed by atoms with E-state index in [9.17, 15) is 19.2 Å². The molecule has 0 unspecified atom stereocenters. The van der Waals surface area contributed by atoms with Crippen LogP contribution in [0.4, 0.5) is 5.69 Å². The number of allylic oxidation sites excluding steroid dienone is 1. The van der Waals surface area contributed by atoms with Crippen LogP contribution in [0.25, 0.3) is 0 Å². The van der Waals surface area contributed by atoms with Crippen LogP contribution in [0.1, 0.15) is 19.4 Å². The maximum absolute atomic E-state index is 11.0. The van der Waals surface area contributed by atoms with E-state index in [0.717, 1.165) is 0 Å². The van der Waals surface area contributed by atoms with Crippen LogP contribution in [0.5, 0.6) is 0 Å². The highest BCUT2D eigenvalue weighted by atomic mass is 16.1. The maximum atomic E-state index is 11.0. The zero-order valence-corrected chi connectivity index (χ0v) is 14.6. The number of hydrogen-bond donors (Lipinski definition) is 0. The molecule has 0 aromatic heterocycles. The lowest BCUT2D eigenvalue weighted by Gasteiger charge is -2.38. The topological polar surface area (TPSA) is 118 Å². The van der Waals surface area contributed by atoms with Crippen molar-refractivity contribution < 1.29 is 19.2 Å². The quantitative estimate of drug-likeness (QED) is 0.571. The van der Waals surface area contributed by atoms with Gasteiger partial charge in [0.15, 0.2) is 0 Å². The zero-order valence-electron chi connectivity index (χ0n) is 14.6. The Kier molecular flexibility index (Phi) is 5.84. The summed E-state index contributed by atoms with van der Waals surface area (Å²) >= 11 is 0. The fourth-order valence-corrected chi connectivity index (χ4v) is 2.88. The molecule has 0 fully saturated rings. The minimum Gasteiger partial charge on any atom is -0.211 e. The molecule has 1 aromatic rings. The van der Waals surface area contributed by atoms with Gasteiger partial charge in [-0.2, -0.15) is 20.0 Å². The van der Waals surface area contributed by atoms with Crippen molar-refractivity contribution in [1.29, 1.82) is 0 Å². The normalized spacial score (nSPS) is 19.8. The number of aliphatic imine (C=N–C) groups is 4. The van der Waals surface area contributed by atoms with Gasteiger partial charge in [0, 0.05) is 11.8 Å². The van der Waals surface area contributed by atoms with Gasteiger partial charge in [-0.05, 0) is 29.4 Å². The molecule has 8 nitrogen and oxygen atoms in total. The Morgan fingerprint density at radius 2 is 1.48 bits per heavy atom. The SMILES string of the molecule is CC1(C)C=C(N=C=O)C(Cc2ccccc2N=C=O)=CC1(N=C=O)N=C=O. The standard InChI is InChI=1S/C19H14N4O4/c1-18(2)9-17(21-11-25)15(8-19(18,22-12-26)23-13-27)7-14-5-3-4-6-16(14)20-10-24/h3-6,8-9H,7H2,1-2H3. The van der Waals surface area contributed by atoms with Gasteiger partial charge in [-0.15, -0.1) is 0 Å². The first-order valence-electron chi connectivity index (χ1n) is 7.79. The summed E-state index contributed by atoms with van der Waals surface area (Å²) in [5, 5.41) is 0. The van der Waals surface area contributed by atoms with E-state index >= 15 is 0 Å². The van der Waals surface area contributed by atoms with Crippen LogP contribution in [0.2, 0.25) is 0 Å². The number of para-hydroxylation sites is 1. The summed E-state index contributed by atoms with van der Waals surface area (Å²) in [6.07, 6.45) is 9.04. The highest BCUT2D eigenvalue weighted by Gasteiger charge is 2.46. The van der Waals surface area contributed by atoms with Gasteiger partial charge in [0.2, 0.25) is 30.0 Å². The third-order valence-electron chi connectivity index (χ3n) is 4.29. The molecule has 0 saturated heterocycles. The van der Waals surface area contributed by atoms with E-state index in [2.05, 4.69) is 20.0 Å². The van der Waals surface area contributed by atoms with Crippen LogP contribution in [-0.2, 0) is 25.6 Å². The molecular formula is C19H14N4O4. The predicted molar refractivity (Wildman–Crippen MR) is 95.0 cm³/mol. The molecule has 0 atom stereocenters. The Balaban J connectivity index is 2.70. The lowest BCUT2D eigenvalue weighted by molar-refractivity contribution is 0.287. The number of hydrogen-bond acceptors (Lipinski definition) is 8. The fraction of sp³-hybridized carbons (Fsp3) is 0.263. The molecule has 0 amide bonds. The highest BCUT2D eigenvalue weighted by Crippen LogP contribution is 2.45. The minimum absolute atomic E-state index is 0.180. The molecule has 0 heterocycles. The molecule has 0 saturated carbocycles. The molecule has 27 heavy (non-hydrogen) atoms. The van der Waals surface area contributed by atoms with Crippen molar-refractivity contribution in [3.8, 4) is 0 Å². The van der Waals surface area contributed by atoms with Crippen LogP contribution in [0.15, 0.2) is 67.7 Å². The first kappa shape index (κ1) is 19.5. The smallest absolute Gasteiger partial charge is 0.211 e. The number of carbonyl (C=O) groups excluding carboxylic acids is 4. The van der Waals surface area contributed by atoms with Crippen molar-refractivity contribution >= 4 is 30.0 Å². The summed E-state index contributed by atoms with van der Waals surface area (Å²) in [7, 11) is 0. The van der Waals surface area contributed by atoms with Crippen LogP contribution < -0.4 is 0 Å². The van der Waals surface area contributed by atoms with Crippen LogP contribution in [0, 0.1) is 5.41 Å². The molecule has 0 N–H and O–H groups in total. The van der Waals surface area contributed by atoms with Gasteiger partial charge in [0.1, 0.15) is 0 Å². The Bertz CT molecular complexity index is 994. The fourth-order valence-electron chi connectivity index (χ4n) is 2.88. The monoisotopic (exact) mass is 362 g/mol. The van der Waals surface area contributed by atoms with E-state index in [1.165, 1.54) is 30.4 Å². The first-order chi connectivity index (χ1) is 12.9. The summed E-state index contributed by atoms with van der Waals surface area (Å²) in [4.78, 5) is 58.3. The summed E-state index contributed by atoms with van der Waals surface area (Å²) in [5.41, 5.74) is -0.797. The lowest BCUT2D eigenvalue weighted by atomic mass is 9.72. The van der Waals surface area contributed by atoms with Crippen molar-refractivity contribution in [2.45, 2.75) is 25.9 Å². The van der Waals surface area contributed by atoms with Gasteiger partial charge < -0.3 is 0 Å². The van der Waals surface area contributed by atoms with Crippen LogP contribution in [-0.4, -0.2) is 30.0 Å². The Morgan fingerprint density at radius 1 is 0.852 bits per heavy atom. The largest absolute Gasteiger partial charge is 0.240 e. The minimum atomic E-state index is -1.59. The maximum Gasteiger partial charge on any atom is 0.240 e. The third kappa shape index (κ3) is 3.91. The molecule has 0 aliphatic heterocycles. The lowest BCUT2D eigenvalue weighted by Crippen LogP contribution is -2.41. The number of rotatable bonds is 6. The summed E-state index contributed by atoms with van der Waals surface area (Å²) < 4.78 is 0. The number of isocyanates is 4. The van der Waals surface area contributed by atoms with Crippen LogP contribution in [0.3, 0.4) is 0 Å². The molecule has 8 heteroatoms.